The lowest BCUT2D eigenvalue weighted by molar-refractivity contribution is 0.484. The van der Waals surface area contributed by atoms with Crippen molar-refractivity contribution in [2.24, 2.45) is 0 Å². The van der Waals surface area contributed by atoms with Gasteiger partial charge in [0.25, 0.3) is 10.0 Å². The van der Waals surface area contributed by atoms with Crippen LogP contribution in [0.15, 0.2) is 77.7 Å². The number of sulfonamides is 1. The fourth-order valence-corrected chi connectivity index (χ4v) is 3.46. The second-order valence-electron chi connectivity index (χ2n) is 5.45. The molecule has 3 aromatic rings. The van der Waals surface area contributed by atoms with E-state index < -0.39 is 20.7 Å². The molecule has 0 amide bonds. The number of aryl methyl sites for hydroxylation is 1. The molecule has 0 saturated carbocycles. The van der Waals surface area contributed by atoms with E-state index >= 15 is 0 Å². The lowest BCUT2D eigenvalue weighted by Gasteiger charge is -2.14. The zero-order valence-corrected chi connectivity index (χ0v) is 14.3. The minimum absolute atomic E-state index is 0.229. The topological polar surface area (TPSA) is 55.4 Å². The van der Waals surface area contributed by atoms with Crippen LogP contribution in [0.5, 0.6) is 11.5 Å². The van der Waals surface area contributed by atoms with Gasteiger partial charge < -0.3 is 4.74 Å². The van der Waals surface area contributed by atoms with E-state index in [1.54, 1.807) is 30.3 Å². The third kappa shape index (κ3) is 3.97. The summed E-state index contributed by atoms with van der Waals surface area (Å²) in [5.41, 5.74) is 1.24. The highest BCUT2D eigenvalue weighted by molar-refractivity contribution is 7.92. The van der Waals surface area contributed by atoms with Crippen LogP contribution in [0, 0.1) is 12.7 Å². The van der Waals surface area contributed by atoms with Gasteiger partial charge in [-0.2, -0.15) is 0 Å². The molecule has 0 radical (unpaired) electrons. The summed E-state index contributed by atoms with van der Waals surface area (Å²) in [7, 11) is -4.07. The van der Waals surface area contributed by atoms with Gasteiger partial charge in [-0.1, -0.05) is 36.4 Å². The number of para-hydroxylation sites is 2. The molecule has 3 rings (SSSR count). The average Bonchev–Trinajstić information content (AvgIpc) is 2.57. The maximum absolute atomic E-state index is 13.8. The minimum Gasteiger partial charge on any atom is -0.455 e. The van der Waals surface area contributed by atoms with Crippen molar-refractivity contribution < 1.29 is 17.5 Å². The van der Waals surface area contributed by atoms with Crippen molar-refractivity contribution in [2.45, 2.75) is 11.8 Å². The molecule has 128 valence electrons. The molecule has 0 atom stereocenters. The fourth-order valence-electron chi connectivity index (χ4n) is 2.31. The molecular formula is C19H16FNO3S. The Kier molecular flexibility index (Phi) is 4.72. The molecule has 4 nitrogen and oxygen atoms in total. The van der Waals surface area contributed by atoms with E-state index in [4.69, 9.17) is 4.74 Å². The molecule has 25 heavy (non-hydrogen) atoms. The molecule has 3 aromatic carbocycles. The molecule has 0 heterocycles. The number of benzene rings is 3. The summed E-state index contributed by atoms with van der Waals surface area (Å²) < 4.78 is 46.9. The van der Waals surface area contributed by atoms with E-state index in [-0.39, 0.29) is 5.69 Å². The Morgan fingerprint density at radius 1 is 0.920 bits per heavy atom. The van der Waals surface area contributed by atoms with Crippen LogP contribution in [0.25, 0.3) is 0 Å². The molecule has 0 unspecified atom stereocenters. The van der Waals surface area contributed by atoms with E-state index in [1.807, 2.05) is 25.1 Å². The molecule has 0 aliphatic heterocycles. The lowest BCUT2D eigenvalue weighted by Crippen LogP contribution is -2.15. The summed E-state index contributed by atoms with van der Waals surface area (Å²) >= 11 is 0. The normalized spacial score (nSPS) is 11.1. The number of rotatable bonds is 5. The number of ether oxygens (including phenoxy) is 1. The van der Waals surface area contributed by atoms with Gasteiger partial charge in [-0.25, -0.2) is 12.8 Å². The second-order valence-corrected chi connectivity index (χ2v) is 7.10. The van der Waals surface area contributed by atoms with Crippen LogP contribution in [-0.4, -0.2) is 8.42 Å². The molecule has 0 fully saturated rings. The fraction of sp³-hybridized carbons (Fsp3) is 0.0526. The number of anilines is 1. The number of halogens is 1. The van der Waals surface area contributed by atoms with E-state index in [2.05, 4.69) is 4.72 Å². The highest BCUT2D eigenvalue weighted by Gasteiger charge is 2.20. The van der Waals surface area contributed by atoms with Crippen molar-refractivity contribution in [3.63, 3.8) is 0 Å². The quantitative estimate of drug-likeness (QED) is 0.718. The summed E-state index contributed by atoms with van der Waals surface area (Å²) in [6.07, 6.45) is 0. The Bertz CT molecular complexity index is 1000. The number of nitrogens with one attached hydrogen (secondary N) is 1. The van der Waals surface area contributed by atoms with Gasteiger partial charge in [-0.15, -0.1) is 0 Å². The first-order chi connectivity index (χ1) is 12.0. The maximum Gasteiger partial charge on any atom is 0.264 e. The first kappa shape index (κ1) is 17.0. The monoisotopic (exact) mass is 357 g/mol. The van der Waals surface area contributed by atoms with Crippen molar-refractivity contribution >= 4 is 15.7 Å². The Hall–Kier alpha value is -2.86. The first-order valence-electron chi connectivity index (χ1n) is 7.56. The van der Waals surface area contributed by atoms with Crippen molar-refractivity contribution in [3.05, 3.63) is 84.2 Å². The van der Waals surface area contributed by atoms with Gasteiger partial charge in [0.2, 0.25) is 0 Å². The molecule has 6 heteroatoms. The number of hydrogen-bond donors (Lipinski definition) is 1. The maximum atomic E-state index is 13.8. The molecule has 0 bridgehead atoms. The van der Waals surface area contributed by atoms with Crippen molar-refractivity contribution in [1.29, 1.82) is 0 Å². The predicted molar refractivity (Wildman–Crippen MR) is 94.9 cm³/mol. The van der Waals surface area contributed by atoms with Gasteiger partial charge in [0, 0.05) is 0 Å². The SMILES string of the molecule is Cc1cccc(Oc2ccccc2NS(=O)(=O)c2ccccc2F)c1. The van der Waals surface area contributed by atoms with Gasteiger partial charge in [-0.3, -0.25) is 4.72 Å². The lowest BCUT2D eigenvalue weighted by atomic mass is 10.2. The Morgan fingerprint density at radius 3 is 2.40 bits per heavy atom. The highest BCUT2D eigenvalue weighted by Crippen LogP contribution is 2.31. The number of hydrogen-bond acceptors (Lipinski definition) is 3. The van der Waals surface area contributed by atoms with Crippen molar-refractivity contribution in [1.82, 2.24) is 0 Å². The molecule has 0 aromatic heterocycles. The van der Waals surface area contributed by atoms with E-state index in [9.17, 15) is 12.8 Å². The third-order valence-corrected chi connectivity index (χ3v) is 4.87. The molecule has 0 spiro atoms. The Morgan fingerprint density at radius 2 is 1.64 bits per heavy atom. The van der Waals surface area contributed by atoms with Crippen LogP contribution in [0.4, 0.5) is 10.1 Å². The van der Waals surface area contributed by atoms with Gasteiger partial charge in [0.05, 0.1) is 5.69 Å². The molecule has 1 N–H and O–H groups in total. The largest absolute Gasteiger partial charge is 0.455 e. The van der Waals surface area contributed by atoms with E-state index in [1.165, 1.54) is 18.2 Å². The molecule has 0 aliphatic carbocycles. The minimum atomic E-state index is -4.07. The van der Waals surface area contributed by atoms with Crippen LogP contribution in [-0.2, 0) is 10.0 Å². The third-order valence-electron chi connectivity index (χ3n) is 3.47. The molecule has 0 aliphatic rings. The molecular weight excluding hydrogens is 341 g/mol. The standard InChI is InChI=1S/C19H16FNO3S/c1-14-7-6-8-15(13-14)24-18-11-4-3-10-17(18)21-25(22,23)19-12-5-2-9-16(19)20/h2-13,21H,1H3. The predicted octanol–water partition coefficient (Wildman–Crippen LogP) is 4.73. The Labute approximate surface area is 146 Å². The van der Waals surface area contributed by atoms with Crippen LogP contribution in [0.1, 0.15) is 5.56 Å². The van der Waals surface area contributed by atoms with E-state index in [0.717, 1.165) is 11.6 Å². The van der Waals surface area contributed by atoms with Crippen LogP contribution >= 0.6 is 0 Å². The smallest absolute Gasteiger partial charge is 0.264 e. The Balaban J connectivity index is 1.92. The summed E-state index contributed by atoms with van der Waals surface area (Å²) in [5.74, 6) is 0.0950. The summed E-state index contributed by atoms with van der Waals surface area (Å²) in [4.78, 5) is -0.416. The zero-order valence-electron chi connectivity index (χ0n) is 13.4. The summed E-state index contributed by atoms with van der Waals surface area (Å²) in [5, 5.41) is 0. The van der Waals surface area contributed by atoms with Gasteiger partial charge in [-0.05, 0) is 48.9 Å². The highest BCUT2D eigenvalue weighted by atomic mass is 32.2. The summed E-state index contributed by atoms with van der Waals surface area (Å²) in [6.45, 7) is 1.93. The van der Waals surface area contributed by atoms with Gasteiger partial charge >= 0.3 is 0 Å². The summed E-state index contributed by atoms with van der Waals surface area (Å²) in [6, 6.07) is 19.2. The van der Waals surface area contributed by atoms with E-state index in [0.29, 0.717) is 11.5 Å². The first-order valence-corrected chi connectivity index (χ1v) is 9.05. The zero-order chi connectivity index (χ0) is 17.9. The van der Waals surface area contributed by atoms with Crippen LogP contribution in [0.3, 0.4) is 0 Å². The second kappa shape index (κ2) is 6.94. The van der Waals surface area contributed by atoms with Gasteiger partial charge in [0.15, 0.2) is 5.75 Å². The molecule has 0 saturated heterocycles. The van der Waals surface area contributed by atoms with Gasteiger partial charge in [0.1, 0.15) is 16.5 Å². The van der Waals surface area contributed by atoms with Crippen molar-refractivity contribution in [3.8, 4) is 11.5 Å². The van der Waals surface area contributed by atoms with Crippen LogP contribution in [0.2, 0.25) is 0 Å². The van der Waals surface area contributed by atoms with Crippen molar-refractivity contribution in [2.75, 3.05) is 4.72 Å². The van der Waals surface area contributed by atoms with Crippen LogP contribution < -0.4 is 9.46 Å². The average molecular weight is 357 g/mol.